The van der Waals surface area contributed by atoms with Crippen molar-refractivity contribution in [1.82, 2.24) is 9.97 Å². The number of methoxy groups -OCH3 is 1. The summed E-state index contributed by atoms with van der Waals surface area (Å²) in [5.74, 6) is 1.49. The number of hydrogen-bond donors (Lipinski definition) is 1. The molecule has 0 atom stereocenters. The normalized spacial score (nSPS) is 10.2. The molecule has 4 nitrogen and oxygen atoms in total. The molecule has 18 heavy (non-hydrogen) atoms. The predicted octanol–water partition coefficient (Wildman–Crippen LogP) is 3.51. The van der Waals surface area contributed by atoms with Crippen LogP contribution in [0.25, 0.3) is 0 Å². The van der Waals surface area contributed by atoms with E-state index in [9.17, 15) is 0 Å². The van der Waals surface area contributed by atoms with E-state index in [1.165, 1.54) is 6.33 Å². The average Bonchev–Trinajstić information content (AvgIpc) is 2.41. The van der Waals surface area contributed by atoms with Gasteiger partial charge < -0.3 is 10.1 Å². The lowest BCUT2D eigenvalue weighted by atomic mass is 10.2. The number of halogens is 2. The Morgan fingerprint density at radius 1 is 1.33 bits per heavy atom. The van der Waals surface area contributed by atoms with E-state index in [4.69, 9.17) is 16.3 Å². The van der Waals surface area contributed by atoms with E-state index in [0.717, 1.165) is 11.3 Å². The molecule has 0 unspecified atom stereocenters. The average molecular weight is 329 g/mol. The van der Waals surface area contributed by atoms with Crippen molar-refractivity contribution in [3.05, 3.63) is 45.8 Å². The lowest BCUT2D eigenvalue weighted by Crippen LogP contribution is -2.04. The van der Waals surface area contributed by atoms with Crippen molar-refractivity contribution in [2.24, 2.45) is 0 Å². The van der Waals surface area contributed by atoms with Gasteiger partial charge in [-0.3, -0.25) is 0 Å². The Hall–Kier alpha value is -1.33. The molecule has 0 bridgehead atoms. The highest BCUT2D eigenvalue weighted by atomic mass is 79.9. The number of para-hydroxylation sites is 1. The molecule has 0 spiro atoms. The molecule has 0 radical (unpaired) electrons. The van der Waals surface area contributed by atoms with Gasteiger partial charge in [-0.1, -0.05) is 29.8 Å². The van der Waals surface area contributed by atoms with Crippen LogP contribution in [0, 0.1) is 0 Å². The van der Waals surface area contributed by atoms with Crippen molar-refractivity contribution in [2.45, 2.75) is 6.54 Å². The van der Waals surface area contributed by atoms with Crippen LogP contribution in [0.4, 0.5) is 5.82 Å². The van der Waals surface area contributed by atoms with Gasteiger partial charge in [0.2, 0.25) is 0 Å². The number of rotatable bonds is 4. The maximum absolute atomic E-state index is 5.89. The van der Waals surface area contributed by atoms with Gasteiger partial charge in [0.1, 0.15) is 23.0 Å². The van der Waals surface area contributed by atoms with Gasteiger partial charge in [0.05, 0.1) is 11.6 Å². The molecule has 1 aromatic carbocycles. The van der Waals surface area contributed by atoms with Crippen LogP contribution in [-0.2, 0) is 6.54 Å². The lowest BCUT2D eigenvalue weighted by Gasteiger charge is -2.10. The molecule has 2 aromatic rings. The minimum absolute atomic E-state index is 0.382. The second-order valence-corrected chi connectivity index (χ2v) is 4.64. The van der Waals surface area contributed by atoms with Crippen LogP contribution in [0.2, 0.25) is 5.15 Å². The second kappa shape index (κ2) is 6.02. The maximum Gasteiger partial charge on any atom is 0.148 e. The molecule has 0 aliphatic rings. The Balaban J connectivity index is 2.14. The summed E-state index contributed by atoms with van der Waals surface area (Å²) in [6.07, 6.45) is 1.41. The zero-order valence-corrected chi connectivity index (χ0v) is 12.0. The molecular weight excluding hydrogens is 318 g/mol. The summed E-state index contributed by atoms with van der Waals surface area (Å²) in [6, 6.07) is 7.79. The monoisotopic (exact) mass is 327 g/mol. The third kappa shape index (κ3) is 2.91. The SMILES string of the molecule is COc1ccccc1CNc1ncnc(Cl)c1Br. The van der Waals surface area contributed by atoms with Crippen LogP contribution >= 0.6 is 27.5 Å². The summed E-state index contributed by atoms with van der Waals surface area (Å²) in [4.78, 5) is 7.99. The van der Waals surface area contributed by atoms with E-state index in [2.05, 4.69) is 31.2 Å². The molecule has 6 heteroatoms. The first kappa shape index (κ1) is 13.1. The van der Waals surface area contributed by atoms with Crippen LogP contribution in [0.3, 0.4) is 0 Å². The number of nitrogens with zero attached hydrogens (tertiary/aromatic N) is 2. The Labute approximate surface area is 118 Å². The van der Waals surface area contributed by atoms with E-state index >= 15 is 0 Å². The van der Waals surface area contributed by atoms with Crippen LogP contribution in [0.1, 0.15) is 5.56 Å². The fourth-order valence-corrected chi connectivity index (χ4v) is 1.98. The first-order valence-corrected chi connectivity index (χ1v) is 6.41. The molecule has 0 fully saturated rings. The number of benzene rings is 1. The number of aromatic nitrogens is 2. The number of hydrogen-bond acceptors (Lipinski definition) is 4. The van der Waals surface area contributed by atoms with Crippen molar-refractivity contribution >= 4 is 33.3 Å². The molecule has 1 heterocycles. The molecule has 0 aliphatic heterocycles. The molecule has 0 amide bonds. The Morgan fingerprint density at radius 2 is 2.11 bits per heavy atom. The zero-order valence-electron chi connectivity index (χ0n) is 9.65. The van der Waals surface area contributed by atoms with Crippen molar-refractivity contribution in [3.63, 3.8) is 0 Å². The smallest absolute Gasteiger partial charge is 0.148 e. The summed E-state index contributed by atoms with van der Waals surface area (Å²) < 4.78 is 5.93. The second-order valence-electron chi connectivity index (χ2n) is 3.49. The summed E-state index contributed by atoms with van der Waals surface area (Å²) in [6.45, 7) is 0.593. The van der Waals surface area contributed by atoms with Gasteiger partial charge in [-0.2, -0.15) is 0 Å². The third-order valence-corrected chi connectivity index (χ3v) is 3.65. The largest absolute Gasteiger partial charge is 0.496 e. The van der Waals surface area contributed by atoms with Crippen molar-refractivity contribution in [2.75, 3.05) is 12.4 Å². The van der Waals surface area contributed by atoms with E-state index in [1.54, 1.807) is 7.11 Å². The van der Waals surface area contributed by atoms with Gasteiger partial charge in [-0.25, -0.2) is 9.97 Å². The molecule has 94 valence electrons. The number of nitrogens with one attached hydrogen (secondary N) is 1. The summed E-state index contributed by atoms with van der Waals surface area (Å²) in [7, 11) is 1.65. The molecule has 1 N–H and O–H groups in total. The summed E-state index contributed by atoms with van der Waals surface area (Å²) >= 11 is 9.23. The fourth-order valence-electron chi connectivity index (χ4n) is 1.50. The summed E-state index contributed by atoms with van der Waals surface area (Å²) in [5.41, 5.74) is 1.04. The molecule has 0 saturated heterocycles. The molecule has 1 aromatic heterocycles. The van der Waals surface area contributed by atoms with Crippen molar-refractivity contribution < 1.29 is 4.74 Å². The van der Waals surface area contributed by atoms with Gasteiger partial charge in [-0.15, -0.1) is 0 Å². The van der Waals surface area contributed by atoms with Gasteiger partial charge in [-0.05, 0) is 22.0 Å². The first-order chi connectivity index (χ1) is 8.72. The van der Waals surface area contributed by atoms with Crippen LogP contribution in [0.5, 0.6) is 5.75 Å². The van der Waals surface area contributed by atoms with Gasteiger partial charge in [0.15, 0.2) is 0 Å². The summed E-state index contributed by atoms with van der Waals surface area (Å²) in [5, 5.41) is 3.56. The zero-order chi connectivity index (χ0) is 13.0. The van der Waals surface area contributed by atoms with Gasteiger partial charge >= 0.3 is 0 Å². The Bertz CT molecular complexity index is 551. The van der Waals surface area contributed by atoms with E-state index in [0.29, 0.717) is 22.0 Å². The quantitative estimate of drug-likeness (QED) is 0.873. The predicted molar refractivity (Wildman–Crippen MR) is 75.1 cm³/mol. The van der Waals surface area contributed by atoms with Crippen molar-refractivity contribution in [1.29, 1.82) is 0 Å². The molecule has 0 saturated carbocycles. The standard InChI is InChI=1S/C12H11BrClN3O/c1-18-9-5-3-2-4-8(9)6-15-12-10(13)11(14)16-7-17-12/h2-5,7H,6H2,1H3,(H,15,16,17). The third-order valence-electron chi connectivity index (χ3n) is 2.39. The number of ether oxygens (including phenoxy) is 1. The highest BCUT2D eigenvalue weighted by Gasteiger charge is 2.07. The van der Waals surface area contributed by atoms with E-state index in [-0.39, 0.29) is 0 Å². The number of anilines is 1. The minimum Gasteiger partial charge on any atom is -0.496 e. The highest BCUT2D eigenvalue weighted by molar-refractivity contribution is 9.10. The molecular formula is C12H11BrClN3O. The first-order valence-electron chi connectivity index (χ1n) is 5.24. The molecule has 0 aliphatic carbocycles. The highest BCUT2D eigenvalue weighted by Crippen LogP contribution is 2.27. The minimum atomic E-state index is 0.382. The Kier molecular flexibility index (Phi) is 4.38. The van der Waals surface area contributed by atoms with Gasteiger partial charge in [0, 0.05) is 12.1 Å². The van der Waals surface area contributed by atoms with Crippen LogP contribution in [-0.4, -0.2) is 17.1 Å². The maximum atomic E-state index is 5.89. The van der Waals surface area contributed by atoms with Crippen molar-refractivity contribution in [3.8, 4) is 5.75 Å². The van der Waals surface area contributed by atoms with Crippen LogP contribution in [0.15, 0.2) is 35.1 Å². The Morgan fingerprint density at radius 3 is 2.89 bits per heavy atom. The lowest BCUT2D eigenvalue weighted by molar-refractivity contribution is 0.410. The van der Waals surface area contributed by atoms with E-state index < -0.39 is 0 Å². The van der Waals surface area contributed by atoms with Crippen LogP contribution < -0.4 is 10.1 Å². The van der Waals surface area contributed by atoms with E-state index in [1.807, 2.05) is 24.3 Å². The fraction of sp³-hybridized carbons (Fsp3) is 0.167. The molecule has 2 rings (SSSR count). The van der Waals surface area contributed by atoms with Gasteiger partial charge in [0.25, 0.3) is 0 Å². The topological polar surface area (TPSA) is 47.0 Å².